The van der Waals surface area contributed by atoms with Gasteiger partial charge in [0.2, 0.25) is 0 Å². The van der Waals surface area contributed by atoms with Gasteiger partial charge in [-0.2, -0.15) is 0 Å². The first kappa shape index (κ1) is 26.2. The molecule has 6 nitrogen and oxygen atoms in total. The molecule has 11 heteroatoms. The van der Waals surface area contributed by atoms with E-state index in [-0.39, 0.29) is 30.1 Å². The van der Waals surface area contributed by atoms with Gasteiger partial charge in [0.25, 0.3) is 0 Å². The van der Waals surface area contributed by atoms with Crippen molar-refractivity contribution >= 4 is 39.2 Å². The van der Waals surface area contributed by atoms with E-state index >= 15 is 4.39 Å². The van der Waals surface area contributed by atoms with Crippen molar-refractivity contribution in [3.05, 3.63) is 58.6 Å². The Kier molecular flexibility index (Phi) is 7.13. The van der Waals surface area contributed by atoms with Gasteiger partial charge < -0.3 is 14.6 Å². The largest absolute Gasteiger partial charge is 0.490 e. The lowest BCUT2D eigenvalue weighted by Gasteiger charge is -2.50. The summed E-state index contributed by atoms with van der Waals surface area (Å²) in [6, 6.07) is 7.40. The van der Waals surface area contributed by atoms with Gasteiger partial charge in [0, 0.05) is 17.5 Å². The van der Waals surface area contributed by atoms with E-state index in [1.807, 2.05) is 0 Å². The molecule has 1 N–H and O–H groups in total. The molecule has 2 heterocycles. The molecule has 2 aromatic carbocycles. The fourth-order valence-electron chi connectivity index (χ4n) is 4.83. The van der Waals surface area contributed by atoms with Crippen LogP contribution in [0.25, 0.3) is 0 Å². The molecule has 2 aliphatic heterocycles. The van der Waals surface area contributed by atoms with Gasteiger partial charge in [-0.05, 0) is 68.8 Å². The van der Waals surface area contributed by atoms with Crippen molar-refractivity contribution in [2.45, 2.75) is 47.2 Å². The Labute approximate surface area is 211 Å². The van der Waals surface area contributed by atoms with Gasteiger partial charge in [-0.3, -0.25) is 4.79 Å². The quantitative estimate of drug-likeness (QED) is 0.518. The van der Waals surface area contributed by atoms with Crippen LogP contribution in [0.1, 0.15) is 32.3 Å². The van der Waals surface area contributed by atoms with Gasteiger partial charge in [-0.1, -0.05) is 11.6 Å². The molecule has 2 aliphatic rings. The monoisotopic (exact) mass is 546 g/mol. The molecule has 0 unspecified atom stereocenters. The van der Waals surface area contributed by atoms with Crippen LogP contribution >= 0.6 is 23.4 Å². The predicted octanol–water partition coefficient (Wildman–Crippen LogP) is 5.07. The van der Waals surface area contributed by atoms with E-state index in [4.69, 9.17) is 21.1 Å². The van der Waals surface area contributed by atoms with Crippen LogP contribution in [0.4, 0.5) is 8.78 Å². The van der Waals surface area contributed by atoms with E-state index in [0.717, 1.165) is 12.1 Å². The van der Waals surface area contributed by atoms with Crippen LogP contribution < -0.4 is 4.74 Å². The van der Waals surface area contributed by atoms with E-state index in [9.17, 15) is 22.7 Å². The first-order chi connectivity index (χ1) is 16.4. The van der Waals surface area contributed by atoms with Crippen molar-refractivity contribution in [1.82, 2.24) is 0 Å². The highest BCUT2D eigenvalue weighted by atomic mass is 35.5. The number of benzene rings is 2. The Morgan fingerprint density at radius 1 is 1.20 bits per heavy atom. The first-order valence-electron chi connectivity index (χ1n) is 11.0. The zero-order chi connectivity index (χ0) is 25.6. The van der Waals surface area contributed by atoms with Crippen LogP contribution in [0, 0.1) is 17.6 Å². The summed E-state index contributed by atoms with van der Waals surface area (Å²) in [5.74, 6) is -3.58. The van der Waals surface area contributed by atoms with Crippen LogP contribution in [0.15, 0.2) is 41.3 Å². The normalized spacial score (nSPS) is 24.3. The summed E-state index contributed by atoms with van der Waals surface area (Å²) in [6.07, 6.45) is -0.470. The zero-order valence-electron chi connectivity index (χ0n) is 19.1. The molecule has 0 amide bonds. The minimum atomic E-state index is -4.28. The van der Waals surface area contributed by atoms with Crippen LogP contribution in [-0.2, 0) is 24.1 Å². The molecule has 1 fully saturated rings. The number of halogens is 3. The van der Waals surface area contributed by atoms with Gasteiger partial charge in [-0.25, -0.2) is 17.2 Å². The maximum atomic E-state index is 15.4. The van der Waals surface area contributed by atoms with Gasteiger partial charge in [-0.15, -0.1) is 11.8 Å². The summed E-state index contributed by atoms with van der Waals surface area (Å²) < 4.78 is 67.2. The fraction of sp³-hybridized carbons (Fsp3) is 0.458. The highest BCUT2D eigenvalue weighted by molar-refractivity contribution is 8.01. The lowest BCUT2D eigenvalue weighted by Crippen LogP contribution is -2.57. The third-order valence-electron chi connectivity index (χ3n) is 6.73. The molecule has 0 saturated carbocycles. The van der Waals surface area contributed by atoms with Crippen LogP contribution in [0.3, 0.4) is 0 Å². The minimum Gasteiger partial charge on any atom is -0.490 e. The summed E-state index contributed by atoms with van der Waals surface area (Å²) in [6.45, 7) is 2.96. The van der Waals surface area contributed by atoms with Crippen molar-refractivity contribution in [1.29, 1.82) is 0 Å². The summed E-state index contributed by atoms with van der Waals surface area (Å²) in [7, 11) is -4.28. The number of ether oxygens (including phenoxy) is 2. The van der Waals surface area contributed by atoms with E-state index < -0.39 is 54.7 Å². The molecule has 3 atom stereocenters. The molecule has 0 aliphatic carbocycles. The van der Waals surface area contributed by atoms with E-state index in [1.165, 1.54) is 36.0 Å². The van der Waals surface area contributed by atoms with Crippen LogP contribution in [0.5, 0.6) is 5.75 Å². The smallest absolute Gasteiger partial charge is 0.319 e. The molecular formula is C24H25ClF2O6S2. The molecule has 0 bridgehead atoms. The number of fused-ring (bicyclic) bond motifs is 3. The Hall–Kier alpha value is -1.88. The van der Waals surface area contributed by atoms with E-state index in [1.54, 1.807) is 13.8 Å². The standard InChI is InChI=1S/C24H25ClF2O6S2/c1-23(2,22(28)29)34-12-9-19-16-13-33-21-18(27)8-7-17(26)20(21)24(16,10-11-32-19)35(30,31)15-5-3-14(25)4-6-15/h3-8,16,19H,9-13H2,1-2H3,(H,28,29)/t16-,19-,24-/m0/s1. The highest BCUT2D eigenvalue weighted by Gasteiger charge is 2.61. The average Bonchev–Trinajstić information content (AvgIpc) is 2.81. The predicted molar refractivity (Wildman–Crippen MR) is 129 cm³/mol. The lowest BCUT2D eigenvalue weighted by molar-refractivity contribution is -0.138. The first-order valence-corrected chi connectivity index (χ1v) is 13.9. The van der Waals surface area contributed by atoms with Crippen LogP contribution in [0.2, 0.25) is 5.02 Å². The fourth-order valence-corrected chi connectivity index (χ4v) is 8.28. The van der Waals surface area contributed by atoms with Gasteiger partial charge >= 0.3 is 5.97 Å². The second-order valence-electron chi connectivity index (χ2n) is 9.11. The maximum Gasteiger partial charge on any atom is 0.319 e. The molecule has 0 radical (unpaired) electrons. The summed E-state index contributed by atoms with van der Waals surface area (Å²) >= 11 is 7.16. The summed E-state index contributed by atoms with van der Waals surface area (Å²) in [5, 5.41) is 9.73. The topological polar surface area (TPSA) is 89.9 Å². The number of carboxylic acid groups (broad SMARTS) is 1. The van der Waals surface area contributed by atoms with Gasteiger partial charge in [0.15, 0.2) is 21.4 Å². The number of rotatable bonds is 7. The number of carboxylic acids is 1. The second-order valence-corrected chi connectivity index (χ2v) is 13.5. The van der Waals surface area contributed by atoms with Gasteiger partial charge in [0.1, 0.15) is 15.3 Å². The summed E-state index contributed by atoms with van der Waals surface area (Å²) in [4.78, 5) is 11.4. The molecule has 4 rings (SSSR count). The SMILES string of the molecule is CC(C)(SCC[C@@H]1OCC[C@@]2(S(=O)(=O)c3ccc(Cl)cc3)c3c(F)ccc(F)c3OC[C@@H]12)C(=O)O. The molecule has 0 aromatic heterocycles. The Morgan fingerprint density at radius 3 is 2.51 bits per heavy atom. The Bertz CT molecular complexity index is 1240. The molecule has 0 spiro atoms. The number of carbonyl (C=O) groups is 1. The van der Waals surface area contributed by atoms with Crippen molar-refractivity contribution in [3.8, 4) is 5.75 Å². The number of sulfone groups is 1. The Morgan fingerprint density at radius 2 is 1.86 bits per heavy atom. The van der Waals surface area contributed by atoms with Crippen molar-refractivity contribution < 1.29 is 36.6 Å². The molecule has 1 saturated heterocycles. The lowest BCUT2D eigenvalue weighted by atomic mass is 9.75. The average molecular weight is 547 g/mol. The third-order valence-corrected chi connectivity index (χ3v) is 10.9. The van der Waals surface area contributed by atoms with Crippen LogP contribution in [-0.4, -0.2) is 49.3 Å². The summed E-state index contributed by atoms with van der Waals surface area (Å²) in [5.41, 5.74) is -0.324. The molecular weight excluding hydrogens is 522 g/mol. The minimum absolute atomic E-state index is 0.00360. The van der Waals surface area contributed by atoms with E-state index in [0.29, 0.717) is 17.2 Å². The van der Waals surface area contributed by atoms with Crippen molar-refractivity contribution in [3.63, 3.8) is 0 Å². The second kappa shape index (κ2) is 9.53. The van der Waals surface area contributed by atoms with Crippen molar-refractivity contribution in [2.75, 3.05) is 19.0 Å². The molecule has 190 valence electrons. The molecule has 35 heavy (non-hydrogen) atoms. The third kappa shape index (κ3) is 4.43. The Balaban J connectivity index is 1.81. The van der Waals surface area contributed by atoms with E-state index in [2.05, 4.69) is 0 Å². The zero-order valence-corrected chi connectivity index (χ0v) is 21.5. The number of thioether (sulfide) groups is 1. The molecule has 2 aromatic rings. The highest BCUT2D eigenvalue weighted by Crippen LogP contribution is 2.56. The maximum absolute atomic E-state index is 15.4. The number of hydrogen-bond donors (Lipinski definition) is 1. The van der Waals surface area contributed by atoms with Gasteiger partial charge in [0.05, 0.1) is 23.2 Å². The number of aliphatic carboxylic acids is 1. The van der Waals surface area contributed by atoms with Crippen molar-refractivity contribution in [2.24, 2.45) is 5.92 Å². The number of hydrogen-bond acceptors (Lipinski definition) is 6.